The van der Waals surface area contributed by atoms with Crippen LogP contribution in [0.2, 0.25) is 15.1 Å². The molecule has 2 aliphatic rings. The first kappa shape index (κ1) is 13.8. The maximum atomic E-state index is 6.19. The minimum absolute atomic E-state index is 0.241. The zero-order valence-electron chi connectivity index (χ0n) is 10.5. The van der Waals surface area contributed by atoms with Crippen LogP contribution in [-0.4, -0.2) is 19.2 Å². The Bertz CT molecular complexity index is 470. The lowest BCUT2D eigenvalue weighted by Gasteiger charge is -2.25. The summed E-state index contributed by atoms with van der Waals surface area (Å²) in [4.78, 5) is 0. The molecule has 0 amide bonds. The molecule has 5 heteroatoms. The molecule has 1 aromatic rings. The predicted octanol–water partition coefficient (Wildman–Crippen LogP) is 4.41. The smallest absolute Gasteiger partial charge is 0.139 e. The van der Waals surface area contributed by atoms with Gasteiger partial charge in [0.15, 0.2) is 0 Å². The molecule has 2 fully saturated rings. The summed E-state index contributed by atoms with van der Waals surface area (Å²) in [7, 11) is 0. The topological polar surface area (TPSA) is 21.3 Å². The van der Waals surface area contributed by atoms with Crippen LogP contribution < -0.4 is 10.1 Å². The fourth-order valence-electron chi connectivity index (χ4n) is 2.70. The number of rotatable bonds is 4. The quantitative estimate of drug-likeness (QED) is 0.830. The molecule has 0 spiro atoms. The SMILES string of the molecule is Clc1cc(Cl)c(OC(C2CC2)[C@H]2CCNC2)cc1Cl. The lowest BCUT2D eigenvalue weighted by molar-refractivity contribution is 0.121. The summed E-state index contributed by atoms with van der Waals surface area (Å²) >= 11 is 18.2. The fourth-order valence-corrected chi connectivity index (χ4v) is 3.28. The molecule has 1 N–H and O–H groups in total. The normalized spacial score (nSPS) is 24.5. The summed E-state index contributed by atoms with van der Waals surface area (Å²) < 4.78 is 6.17. The van der Waals surface area contributed by atoms with Crippen molar-refractivity contribution in [2.45, 2.75) is 25.4 Å². The van der Waals surface area contributed by atoms with E-state index >= 15 is 0 Å². The third-order valence-corrected chi connectivity index (χ3v) is 4.91. The van der Waals surface area contributed by atoms with E-state index in [2.05, 4.69) is 5.32 Å². The fraction of sp³-hybridized carbons (Fsp3) is 0.571. The summed E-state index contributed by atoms with van der Waals surface area (Å²) in [5.41, 5.74) is 0. The molecule has 0 aromatic heterocycles. The van der Waals surface area contributed by atoms with Crippen molar-refractivity contribution in [1.29, 1.82) is 0 Å². The van der Waals surface area contributed by atoms with Crippen LogP contribution in [0.3, 0.4) is 0 Å². The van der Waals surface area contributed by atoms with Crippen LogP contribution in [0.25, 0.3) is 0 Å². The Morgan fingerprint density at radius 1 is 1.00 bits per heavy atom. The van der Waals surface area contributed by atoms with Crippen molar-refractivity contribution >= 4 is 34.8 Å². The maximum Gasteiger partial charge on any atom is 0.139 e. The van der Waals surface area contributed by atoms with Gasteiger partial charge < -0.3 is 10.1 Å². The molecule has 1 heterocycles. The monoisotopic (exact) mass is 319 g/mol. The van der Waals surface area contributed by atoms with Crippen LogP contribution in [0.4, 0.5) is 0 Å². The second-order valence-electron chi connectivity index (χ2n) is 5.37. The third kappa shape index (κ3) is 3.13. The Balaban J connectivity index is 1.79. The number of benzene rings is 1. The second-order valence-corrected chi connectivity index (χ2v) is 6.59. The van der Waals surface area contributed by atoms with Gasteiger partial charge >= 0.3 is 0 Å². The van der Waals surface area contributed by atoms with Crippen molar-refractivity contribution < 1.29 is 4.74 Å². The Kier molecular flexibility index (Phi) is 4.14. The average molecular weight is 321 g/mol. The highest BCUT2D eigenvalue weighted by Crippen LogP contribution is 2.42. The zero-order chi connectivity index (χ0) is 13.4. The Morgan fingerprint density at radius 2 is 1.74 bits per heavy atom. The van der Waals surface area contributed by atoms with Crippen molar-refractivity contribution in [3.8, 4) is 5.75 Å². The van der Waals surface area contributed by atoms with E-state index in [9.17, 15) is 0 Å². The Labute approximate surface area is 128 Å². The van der Waals surface area contributed by atoms with Gasteiger partial charge in [-0.25, -0.2) is 0 Å². The molecule has 1 aliphatic heterocycles. The van der Waals surface area contributed by atoms with Crippen LogP contribution in [0, 0.1) is 11.8 Å². The van der Waals surface area contributed by atoms with Crippen molar-refractivity contribution in [3.63, 3.8) is 0 Å². The molecular formula is C14H16Cl3NO. The van der Waals surface area contributed by atoms with Crippen LogP contribution in [0.1, 0.15) is 19.3 Å². The van der Waals surface area contributed by atoms with E-state index < -0.39 is 0 Å². The molecule has 1 saturated carbocycles. The number of halogens is 3. The van der Waals surface area contributed by atoms with E-state index in [4.69, 9.17) is 39.5 Å². The van der Waals surface area contributed by atoms with Crippen molar-refractivity contribution in [1.82, 2.24) is 5.32 Å². The lowest BCUT2D eigenvalue weighted by atomic mass is 9.97. The van der Waals surface area contributed by atoms with Gasteiger partial charge in [-0.2, -0.15) is 0 Å². The average Bonchev–Trinajstić information content (AvgIpc) is 3.07. The van der Waals surface area contributed by atoms with Gasteiger partial charge in [0.05, 0.1) is 15.1 Å². The van der Waals surface area contributed by atoms with Gasteiger partial charge in [0.25, 0.3) is 0 Å². The van der Waals surface area contributed by atoms with Crippen molar-refractivity contribution in [2.75, 3.05) is 13.1 Å². The third-order valence-electron chi connectivity index (χ3n) is 3.89. The number of ether oxygens (including phenoxy) is 1. The van der Waals surface area contributed by atoms with Gasteiger partial charge in [0, 0.05) is 18.5 Å². The second kappa shape index (κ2) is 5.69. The summed E-state index contributed by atoms with van der Waals surface area (Å²) in [5, 5.41) is 4.88. The zero-order valence-corrected chi connectivity index (χ0v) is 12.7. The van der Waals surface area contributed by atoms with Crippen molar-refractivity contribution in [3.05, 3.63) is 27.2 Å². The summed E-state index contributed by atoms with van der Waals surface area (Å²) in [6.45, 7) is 2.10. The first-order chi connectivity index (χ1) is 9.15. The molecule has 0 radical (unpaired) electrons. The molecule has 1 unspecified atom stereocenters. The maximum absolute atomic E-state index is 6.19. The molecule has 3 rings (SSSR count). The summed E-state index contributed by atoms with van der Waals surface area (Å²) in [5.74, 6) is 1.88. The van der Waals surface area contributed by atoms with Crippen LogP contribution in [0.15, 0.2) is 12.1 Å². The molecule has 19 heavy (non-hydrogen) atoms. The number of nitrogens with one attached hydrogen (secondary N) is 1. The first-order valence-corrected chi connectivity index (χ1v) is 7.80. The minimum Gasteiger partial charge on any atom is -0.488 e. The van der Waals surface area contributed by atoms with Gasteiger partial charge in [-0.3, -0.25) is 0 Å². The standard InChI is InChI=1S/C14H16Cl3NO/c15-10-5-12(17)13(6-11(10)16)19-14(8-1-2-8)9-3-4-18-7-9/h5-6,8-9,14,18H,1-4,7H2/t9-,14?/m0/s1. The molecular weight excluding hydrogens is 305 g/mol. The highest BCUT2D eigenvalue weighted by Gasteiger charge is 2.39. The minimum atomic E-state index is 0.241. The molecule has 1 aliphatic carbocycles. The summed E-state index contributed by atoms with van der Waals surface area (Å²) in [6, 6.07) is 3.38. The number of hydrogen-bond donors (Lipinski definition) is 1. The van der Waals surface area contributed by atoms with E-state index in [1.54, 1.807) is 12.1 Å². The highest BCUT2D eigenvalue weighted by molar-refractivity contribution is 6.43. The lowest BCUT2D eigenvalue weighted by Crippen LogP contribution is -2.30. The molecule has 0 bridgehead atoms. The predicted molar refractivity (Wildman–Crippen MR) is 79.6 cm³/mol. The molecule has 1 saturated heterocycles. The van der Waals surface area contributed by atoms with Gasteiger partial charge in [-0.15, -0.1) is 0 Å². The number of hydrogen-bond acceptors (Lipinski definition) is 2. The van der Waals surface area contributed by atoms with E-state index in [1.165, 1.54) is 19.3 Å². The van der Waals surface area contributed by atoms with Gasteiger partial charge in [0.2, 0.25) is 0 Å². The molecule has 1 aromatic carbocycles. The van der Waals surface area contributed by atoms with Crippen LogP contribution >= 0.6 is 34.8 Å². The summed E-state index contributed by atoms with van der Waals surface area (Å²) in [6.07, 6.45) is 3.91. The van der Waals surface area contributed by atoms with E-state index in [-0.39, 0.29) is 6.10 Å². The van der Waals surface area contributed by atoms with Crippen LogP contribution in [-0.2, 0) is 0 Å². The molecule has 104 valence electrons. The molecule has 2 atom stereocenters. The highest BCUT2D eigenvalue weighted by atomic mass is 35.5. The van der Waals surface area contributed by atoms with E-state index in [1.807, 2.05) is 0 Å². The molecule has 2 nitrogen and oxygen atoms in total. The van der Waals surface area contributed by atoms with Gasteiger partial charge in [-0.1, -0.05) is 34.8 Å². The van der Waals surface area contributed by atoms with E-state index in [0.29, 0.717) is 32.7 Å². The largest absolute Gasteiger partial charge is 0.488 e. The Morgan fingerprint density at radius 3 is 2.37 bits per heavy atom. The van der Waals surface area contributed by atoms with Gasteiger partial charge in [-0.05, 0) is 37.8 Å². The van der Waals surface area contributed by atoms with E-state index in [0.717, 1.165) is 13.1 Å². The Hall–Kier alpha value is -0.150. The first-order valence-electron chi connectivity index (χ1n) is 6.67. The van der Waals surface area contributed by atoms with Crippen LogP contribution in [0.5, 0.6) is 5.75 Å². The van der Waals surface area contributed by atoms with Gasteiger partial charge in [0.1, 0.15) is 11.9 Å². The van der Waals surface area contributed by atoms with Crippen molar-refractivity contribution in [2.24, 2.45) is 11.8 Å².